The zero-order valence-corrected chi connectivity index (χ0v) is 25.7. The van der Waals surface area contributed by atoms with Gasteiger partial charge >= 0.3 is 5.97 Å². The number of nitrogens with one attached hydrogen (secondary N) is 1. The van der Waals surface area contributed by atoms with Gasteiger partial charge in [-0.2, -0.15) is 0 Å². The molecule has 9 atom stereocenters. The van der Waals surface area contributed by atoms with E-state index in [2.05, 4.69) is 46.0 Å². The van der Waals surface area contributed by atoms with Crippen LogP contribution in [-0.4, -0.2) is 24.2 Å². The van der Waals surface area contributed by atoms with Gasteiger partial charge in [0.2, 0.25) is 0 Å². The van der Waals surface area contributed by atoms with Crippen molar-refractivity contribution in [3.05, 3.63) is 11.6 Å². The Morgan fingerprint density at radius 1 is 0.974 bits per heavy atom. The molecule has 0 saturated heterocycles. The maximum atomic E-state index is 11.8. The van der Waals surface area contributed by atoms with Crippen LogP contribution >= 0.6 is 0 Å². The molecule has 0 aliphatic heterocycles. The average molecular weight is 526 g/mol. The highest BCUT2D eigenvalue weighted by Gasteiger charge is 2.61. The number of esters is 1. The predicted molar refractivity (Wildman–Crippen MR) is 158 cm³/mol. The van der Waals surface area contributed by atoms with Gasteiger partial charge in [-0.1, -0.05) is 84.8 Å². The molecule has 0 aromatic rings. The molecule has 1 N–H and O–H groups in total. The van der Waals surface area contributed by atoms with E-state index in [1.165, 1.54) is 83.5 Å². The van der Waals surface area contributed by atoms with Crippen LogP contribution in [0.15, 0.2) is 11.6 Å². The van der Waals surface area contributed by atoms with E-state index in [4.69, 9.17) is 4.74 Å². The molecule has 0 aromatic heterocycles. The van der Waals surface area contributed by atoms with Crippen LogP contribution in [0, 0.1) is 46.3 Å². The lowest BCUT2D eigenvalue weighted by molar-refractivity contribution is -0.149. The molecule has 0 bridgehead atoms. The van der Waals surface area contributed by atoms with Crippen LogP contribution in [0.1, 0.15) is 138 Å². The second-order valence-electron chi connectivity index (χ2n) is 15.4. The minimum absolute atomic E-state index is 0.0788. The summed E-state index contributed by atoms with van der Waals surface area (Å²) in [6.07, 6.45) is 22.8. The Morgan fingerprint density at radius 3 is 2.45 bits per heavy atom. The minimum atomic E-state index is -0.113. The van der Waals surface area contributed by atoms with Gasteiger partial charge in [-0.15, -0.1) is 0 Å². The molecule has 0 spiro atoms. The molecule has 0 heterocycles. The van der Waals surface area contributed by atoms with Gasteiger partial charge < -0.3 is 10.1 Å². The summed E-state index contributed by atoms with van der Waals surface area (Å²) in [5.41, 5.74) is 2.40. The fraction of sp³-hybridized carbons (Fsp3) is 0.914. The number of hydrogen-bond acceptors (Lipinski definition) is 3. The number of hydrogen-bond donors (Lipinski definition) is 1. The first kappa shape index (κ1) is 28.7. The van der Waals surface area contributed by atoms with E-state index in [0.717, 1.165) is 48.3 Å². The lowest BCUT2D eigenvalue weighted by Crippen LogP contribution is -2.59. The van der Waals surface area contributed by atoms with Gasteiger partial charge in [0.15, 0.2) is 0 Å². The number of carbonyl (C=O) groups is 1. The summed E-state index contributed by atoms with van der Waals surface area (Å²) in [5, 5.41) is 4.30. The molecule has 4 saturated carbocycles. The molecule has 0 radical (unpaired) electrons. The summed E-state index contributed by atoms with van der Waals surface area (Å²) < 4.78 is 5.78. The highest BCUT2D eigenvalue weighted by molar-refractivity contribution is 5.66. The molecule has 3 heteroatoms. The molecular formula is C35H59NO2. The first-order valence-electron chi connectivity index (χ1n) is 16.8. The van der Waals surface area contributed by atoms with E-state index in [1.54, 1.807) is 12.5 Å². The Labute approximate surface area is 234 Å². The van der Waals surface area contributed by atoms with Crippen molar-refractivity contribution in [2.24, 2.45) is 46.3 Å². The van der Waals surface area contributed by atoms with Gasteiger partial charge in [-0.25, -0.2) is 0 Å². The Kier molecular flexibility index (Phi) is 8.74. The summed E-state index contributed by atoms with van der Waals surface area (Å²) >= 11 is 0. The van der Waals surface area contributed by atoms with Crippen molar-refractivity contribution in [3.63, 3.8) is 0 Å². The summed E-state index contributed by atoms with van der Waals surface area (Å²) in [5.74, 6) is 4.86. The van der Waals surface area contributed by atoms with Crippen molar-refractivity contribution < 1.29 is 9.53 Å². The fourth-order valence-corrected chi connectivity index (χ4v) is 10.7. The van der Waals surface area contributed by atoms with Crippen LogP contribution < -0.4 is 5.32 Å². The maximum absolute atomic E-state index is 11.8. The predicted octanol–water partition coefficient (Wildman–Crippen LogP) is 8.86. The molecule has 3 nitrogen and oxygen atoms in total. The van der Waals surface area contributed by atoms with Gasteiger partial charge in [-0.3, -0.25) is 4.79 Å². The van der Waals surface area contributed by atoms with Crippen LogP contribution in [0.25, 0.3) is 0 Å². The normalized spacial score (nSPS) is 42.1. The maximum Gasteiger partial charge on any atom is 0.302 e. The van der Waals surface area contributed by atoms with Gasteiger partial charge in [0.1, 0.15) is 6.10 Å². The fourth-order valence-electron chi connectivity index (χ4n) is 10.7. The number of fused-ring (bicyclic) bond motifs is 5. The van der Waals surface area contributed by atoms with Crippen molar-refractivity contribution in [3.8, 4) is 0 Å². The summed E-state index contributed by atoms with van der Waals surface area (Å²) in [4.78, 5) is 11.8. The summed E-state index contributed by atoms with van der Waals surface area (Å²) in [6, 6.07) is 1.19. The smallest absolute Gasteiger partial charge is 0.302 e. The summed E-state index contributed by atoms with van der Waals surface area (Å²) in [7, 11) is 0. The quantitative estimate of drug-likeness (QED) is 0.254. The Bertz CT molecular complexity index is 858. The molecule has 4 fully saturated rings. The first-order chi connectivity index (χ1) is 18.1. The molecule has 0 unspecified atom stereocenters. The van der Waals surface area contributed by atoms with Gasteiger partial charge in [0.25, 0.3) is 0 Å². The van der Waals surface area contributed by atoms with Crippen LogP contribution in [0.5, 0.6) is 0 Å². The Balaban J connectivity index is 1.41. The van der Waals surface area contributed by atoms with Crippen LogP contribution in [0.4, 0.5) is 0 Å². The minimum Gasteiger partial charge on any atom is -0.462 e. The Hall–Kier alpha value is -0.830. The number of carbonyl (C=O) groups excluding carboxylic acids is 1. The molecule has 5 rings (SSSR count). The van der Waals surface area contributed by atoms with Crippen LogP contribution in [0.2, 0.25) is 0 Å². The third-order valence-electron chi connectivity index (χ3n) is 12.7. The third-order valence-corrected chi connectivity index (χ3v) is 12.7. The van der Waals surface area contributed by atoms with E-state index in [-0.39, 0.29) is 17.5 Å². The lowest BCUT2D eigenvalue weighted by Gasteiger charge is -2.60. The van der Waals surface area contributed by atoms with Crippen LogP contribution in [-0.2, 0) is 9.53 Å². The topological polar surface area (TPSA) is 38.3 Å². The zero-order valence-electron chi connectivity index (χ0n) is 25.7. The van der Waals surface area contributed by atoms with Crippen molar-refractivity contribution in [1.82, 2.24) is 5.32 Å². The van der Waals surface area contributed by atoms with Crippen LogP contribution in [0.3, 0.4) is 0 Å². The van der Waals surface area contributed by atoms with Gasteiger partial charge in [-0.05, 0) is 97.7 Å². The molecule has 38 heavy (non-hydrogen) atoms. The highest BCUT2D eigenvalue weighted by Crippen LogP contribution is 2.67. The van der Waals surface area contributed by atoms with Crippen molar-refractivity contribution in [1.29, 1.82) is 0 Å². The monoisotopic (exact) mass is 525 g/mol. The third kappa shape index (κ3) is 5.53. The SMILES string of the molecule is CC(=O)O[C@H]1CC[C@@]2(C)C(=C[C@@H](NC3CCCCC3)[C@@H]3[C@H]4CC[C@@H]([C@H](C)CCCC(C)C)[C@]4(C)CC[C@H]32)C1. The summed E-state index contributed by atoms with van der Waals surface area (Å²) in [6.45, 7) is 14.3. The Morgan fingerprint density at radius 2 is 1.74 bits per heavy atom. The number of ether oxygens (including phenoxy) is 1. The van der Waals surface area contributed by atoms with E-state index >= 15 is 0 Å². The van der Waals surface area contributed by atoms with Crippen molar-refractivity contribution >= 4 is 5.97 Å². The standard InChI is InChI=1S/C35H59NO2/c1-23(2)11-10-12-24(3)29-15-16-30-33-31(18-20-35(29,30)6)34(5)19-17-28(38-25(4)37)21-26(34)22-32(33)36-27-13-8-7-9-14-27/h22-24,27-33,36H,7-21H2,1-6H3/t24-,28+,29+,30-,31-,32-,33-,34+,35+/m1/s1. The van der Waals surface area contributed by atoms with Crippen molar-refractivity contribution in [2.75, 3.05) is 0 Å². The van der Waals surface area contributed by atoms with Gasteiger partial charge in [0, 0.05) is 25.4 Å². The number of rotatable bonds is 8. The molecule has 216 valence electrons. The second kappa shape index (κ2) is 11.6. The molecule has 0 aromatic carbocycles. The zero-order chi connectivity index (χ0) is 27.1. The molecule has 5 aliphatic carbocycles. The highest BCUT2D eigenvalue weighted by atomic mass is 16.5. The van der Waals surface area contributed by atoms with E-state index in [9.17, 15) is 4.79 Å². The lowest BCUT2D eigenvalue weighted by atomic mass is 9.46. The molecule has 0 amide bonds. The van der Waals surface area contributed by atoms with E-state index in [1.807, 2.05) is 0 Å². The van der Waals surface area contributed by atoms with E-state index < -0.39 is 0 Å². The molecule has 5 aliphatic rings. The van der Waals surface area contributed by atoms with E-state index in [0.29, 0.717) is 17.5 Å². The van der Waals surface area contributed by atoms with Gasteiger partial charge in [0.05, 0.1) is 0 Å². The average Bonchev–Trinajstić information content (AvgIpc) is 3.22. The van der Waals surface area contributed by atoms with Crippen molar-refractivity contribution in [2.45, 2.75) is 156 Å². The second-order valence-corrected chi connectivity index (χ2v) is 15.4. The molecular weight excluding hydrogens is 466 g/mol. The largest absolute Gasteiger partial charge is 0.462 e. The first-order valence-corrected chi connectivity index (χ1v) is 16.8.